The van der Waals surface area contributed by atoms with E-state index < -0.39 is 5.25 Å². The number of aliphatic imine (C=N–C) groups is 1. The molecule has 3 rings (SSSR count). The number of benzene rings is 2. The maximum atomic E-state index is 12.8. The molecular weight excluding hydrogens is 402 g/mol. The Bertz CT molecular complexity index is 930. The molecule has 1 heterocycles. The molecule has 30 heavy (non-hydrogen) atoms. The van der Waals surface area contributed by atoms with Gasteiger partial charge in [-0.15, -0.1) is 0 Å². The number of hydrogen-bond donors (Lipinski definition) is 1. The molecule has 7 nitrogen and oxygen atoms in total. The van der Waals surface area contributed by atoms with E-state index in [4.69, 9.17) is 9.47 Å². The van der Waals surface area contributed by atoms with Gasteiger partial charge in [-0.3, -0.25) is 14.5 Å². The van der Waals surface area contributed by atoms with Crippen molar-refractivity contribution in [2.45, 2.75) is 25.5 Å². The summed E-state index contributed by atoms with van der Waals surface area (Å²) < 4.78 is 10.6. The molecule has 1 saturated heterocycles. The van der Waals surface area contributed by atoms with E-state index in [0.717, 1.165) is 11.4 Å². The first kappa shape index (κ1) is 21.7. The van der Waals surface area contributed by atoms with Gasteiger partial charge in [-0.1, -0.05) is 17.8 Å². The lowest BCUT2D eigenvalue weighted by atomic mass is 10.2. The molecule has 158 valence electrons. The lowest BCUT2D eigenvalue weighted by Crippen LogP contribution is -2.33. The summed E-state index contributed by atoms with van der Waals surface area (Å²) in [6.45, 7) is 4.84. The van der Waals surface area contributed by atoms with E-state index in [9.17, 15) is 9.59 Å². The van der Waals surface area contributed by atoms with Crippen LogP contribution in [0.3, 0.4) is 0 Å². The molecule has 1 N–H and O–H groups in total. The maximum Gasteiger partial charge on any atom is 0.242 e. The maximum absolute atomic E-state index is 12.8. The molecule has 0 aliphatic carbocycles. The summed E-state index contributed by atoms with van der Waals surface area (Å²) in [4.78, 5) is 31.5. The molecule has 2 aromatic carbocycles. The van der Waals surface area contributed by atoms with Crippen molar-refractivity contribution in [3.8, 4) is 11.5 Å². The second-order valence-electron chi connectivity index (χ2n) is 6.49. The van der Waals surface area contributed by atoms with Crippen molar-refractivity contribution in [2.24, 2.45) is 4.99 Å². The first-order valence-electron chi connectivity index (χ1n) is 9.77. The van der Waals surface area contributed by atoms with Crippen LogP contribution < -0.4 is 14.8 Å². The van der Waals surface area contributed by atoms with Gasteiger partial charge < -0.3 is 14.8 Å². The van der Waals surface area contributed by atoms with Crippen molar-refractivity contribution >= 4 is 40.1 Å². The van der Waals surface area contributed by atoms with E-state index in [-0.39, 0.29) is 18.2 Å². The number of amides is 2. The molecule has 1 aliphatic heterocycles. The Hall–Kier alpha value is -3.00. The average molecular weight is 428 g/mol. The fourth-order valence-corrected chi connectivity index (χ4v) is 4.22. The monoisotopic (exact) mass is 427 g/mol. The minimum Gasteiger partial charge on any atom is -0.497 e. The smallest absolute Gasteiger partial charge is 0.242 e. The highest BCUT2D eigenvalue weighted by molar-refractivity contribution is 8.15. The van der Waals surface area contributed by atoms with E-state index in [0.29, 0.717) is 29.8 Å². The van der Waals surface area contributed by atoms with E-state index in [1.54, 1.807) is 24.1 Å². The Labute approximate surface area is 180 Å². The van der Waals surface area contributed by atoms with Crippen molar-refractivity contribution in [2.75, 3.05) is 25.6 Å². The minimum atomic E-state index is -0.503. The Morgan fingerprint density at radius 1 is 1.17 bits per heavy atom. The molecule has 1 fully saturated rings. The van der Waals surface area contributed by atoms with Gasteiger partial charge in [0.15, 0.2) is 5.17 Å². The predicted molar refractivity (Wildman–Crippen MR) is 120 cm³/mol. The van der Waals surface area contributed by atoms with Gasteiger partial charge in [0.25, 0.3) is 0 Å². The fraction of sp³-hybridized carbons (Fsp3) is 0.318. The summed E-state index contributed by atoms with van der Waals surface area (Å²) in [6, 6.07) is 14.5. The average Bonchev–Trinajstić information content (AvgIpc) is 3.03. The van der Waals surface area contributed by atoms with E-state index in [1.165, 1.54) is 11.8 Å². The first-order valence-corrected chi connectivity index (χ1v) is 10.7. The van der Waals surface area contributed by atoms with Crippen molar-refractivity contribution in [3.05, 3.63) is 48.5 Å². The summed E-state index contributed by atoms with van der Waals surface area (Å²) in [5.74, 6) is 1.10. The number of ether oxygens (including phenoxy) is 2. The predicted octanol–water partition coefficient (Wildman–Crippen LogP) is 4.07. The van der Waals surface area contributed by atoms with E-state index in [2.05, 4.69) is 10.3 Å². The highest BCUT2D eigenvalue weighted by atomic mass is 32.2. The number of amidine groups is 1. The Morgan fingerprint density at radius 2 is 1.93 bits per heavy atom. The molecule has 1 atom stereocenters. The number of methoxy groups -OCH3 is 1. The molecule has 0 bridgehead atoms. The Kier molecular flexibility index (Phi) is 7.35. The van der Waals surface area contributed by atoms with Crippen LogP contribution in [0.2, 0.25) is 0 Å². The number of nitrogens with zero attached hydrogens (tertiary/aromatic N) is 2. The molecule has 2 amide bonds. The molecule has 8 heteroatoms. The van der Waals surface area contributed by atoms with Crippen LogP contribution in [0.5, 0.6) is 11.5 Å². The Balaban J connectivity index is 1.67. The summed E-state index contributed by atoms with van der Waals surface area (Å²) in [5.41, 5.74) is 1.36. The number of anilines is 1. The fourth-order valence-electron chi connectivity index (χ4n) is 2.99. The minimum absolute atomic E-state index is 0.0699. The van der Waals surface area contributed by atoms with Gasteiger partial charge in [-0.25, -0.2) is 4.99 Å². The van der Waals surface area contributed by atoms with Crippen LogP contribution >= 0.6 is 11.8 Å². The van der Waals surface area contributed by atoms with Gasteiger partial charge in [0, 0.05) is 24.7 Å². The van der Waals surface area contributed by atoms with Gasteiger partial charge in [-0.05, 0) is 50.2 Å². The number of thioether (sulfide) groups is 1. The van der Waals surface area contributed by atoms with E-state index in [1.807, 2.05) is 50.2 Å². The van der Waals surface area contributed by atoms with Gasteiger partial charge in [0.05, 0.1) is 19.4 Å². The molecule has 1 unspecified atom stereocenters. The summed E-state index contributed by atoms with van der Waals surface area (Å²) in [7, 11) is 1.61. The van der Waals surface area contributed by atoms with Gasteiger partial charge in [0.1, 0.15) is 16.7 Å². The number of rotatable bonds is 8. The van der Waals surface area contributed by atoms with Crippen molar-refractivity contribution in [1.29, 1.82) is 0 Å². The largest absolute Gasteiger partial charge is 0.497 e. The zero-order valence-electron chi connectivity index (χ0n) is 17.3. The summed E-state index contributed by atoms with van der Waals surface area (Å²) in [6.07, 6.45) is 0.0699. The number of nitrogens with one attached hydrogen (secondary N) is 1. The standard InChI is InChI=1S/C22H25N3O4S/c1-4-25-21(27)19(30-22(25)24-15-9-11-17(28-3)12-10-15)14-20(26)23-16-7-6-8-18(13-16)29-5-2/h6-13,19H,4-5,14H2,1-3H3,(H,23,26). The SMILES string of the molecule is CCOc1cccc(NC(=O)CC2SC(=Nc3ccc(OC)cc3)N(CC)C2=O)c1. The summed E-state index contributed by atoms with van der Waals surface area (Å²) >= 11 is 1.32. The lowest BCUT2D eigenvalue weighted by Gasteiger charge is -2.13. The number of carbonyl (C=O) groups excluding carboxylic acids is 2. The molecule has 0 saturated carbocycles. The van der Waals surface area contributed by atoms with Crippen LogP contribution in [0.1, 0.15) is 20.3 Å². The molecule has 2 aromatic rings. The molecule has 1 aliphatic rings. The zero-order chi connectivity index (χ0) is 21.5. The number of carbonyl (C=O) groups is 2. The zero-order valence-corrected chi connectivity index (χ0v) is 18.1. The van der Waals surface area contributed by atoms with Crippen LogP contribution in [0.15, 0.2) is 53.5 Å². The first-order chi connectivity index (χ1) is 14.5. The molecule has 0 aromatic heterocycles. The Morgan fingerprint density at radius 3 is 2.60 bits per heavy atom. The van der Waals surface area contributed by atoms with Crippen LogP contribution in [0.25, 0.3) is 0 Å². The molecular formula is C22H25N3O4S. The second-order valence-corrected chi connectivity index (χ2v) is 7.66. The molecule has 0 spiro atoms. The highest BCUT2D eigenvalue weighted by Crippen LogP contribution is 2.32. The molecule has 0 radical (unpaired) electrons. The third-order valence-electron chi connectivity index (χ3n) is 4.43. The topological polar surface area (TPSA) is 80.2 Å². The van der Waals surface area contributed by atoms with Crippen molar-refractivity contribution in [1.82, 2.24) is 4.90 Å². The second kappa shape index (κ2) is 10.2. The summed E-state index contributed by atoms with van der Waals surface area (Å²) in [5, 5.41) is 2.94. The quantitative estimate of drug-likeness (QED) is 0.687. The van der Waals surface area contributed by atoms with Crippen molar-refractivity contribution < 1.29 is 19.1 Å². The van der Waals surface area contributed by atoms with Gasteiger partial charge >= 0.3 is 0 Å². The van der Waals surface area contributed by atoms with Crippen LogP contribution in [-0.4, -0.2) is 47.4 Å². The van der Waals surface area contributed by atoms with Crippen molar-refractivity contribution in [3.63, 3.8) is 0 Å². The van der Waals surface area contributed by atoms with Gasteiger partial charge in [0.2, 0.25) is 11.8 Å². The third kappa shape index (κ3) is 5.33. The number of hydrogen-bond acceptors (Lipinski definition) is 6. The van der Waals surface area contributed by atoms with Crippen LogP contribution in [0.4, 0.5) is 11.4 Å². The van der Waals surface area contributed by atoms with Gasteiger partial charge in [-0.2, -0.15) is 0 Å². The van der Waals surface area contributed by atoms with Crippen LogP contribution in [0, 0.1) is 0 Å². The van der Waals surface area contributed by atoms with E-state index >= 15 is 0 Å². The van der Waals surface area contributed by atoms with Crippen LogP contribution in [-0.2, 0) is 9.59 Å². The highest BCUT2D eigenvalue weighted by Gasteiger charge is 2.38. The third-order valence-corrected chi connectivity index (χ3v) is 5.61. The lowest BCUT2D eigenvalue weighted by molar-refractivity contribution is -0.128. The normalized spacial score (nSPS) is 17.3.